The number of nitrogens with two attached hydrogens (primary N) is 1. The lowest BCUT2D eigenvalue weighted by atomic mass is 10.0. The van der Waals surface area contributed by atoms with Crippen LogP contribution >= 0.6 is 0 Å². The van der Waals surface area contributed by atoms with Crippen LogP contribution in [0.4, 0.5) is 0 Å². The molecule has 2 atom stereocenters. The summed E-state index contributed by atoms with van der Waals surface area (Å²) in [7, 11) is 1.35. The molecular formula is C12H15NO6. The highest BCUT2D eigenvalue weighted by atomic mass is 16.5. The summed E-state index contributed by atoms with van der Waals surface area (Å²) in [5.41, 5.74) is 5.50. The number of aliphatic hydroxyl groups excluding tert-OH is 2. The molecule has 0 fully saturated rings. The Morgan fingerprint density at radius 2 is 2.00 bits per heavy atom. The predicted octanol–water partition coefficient (Wildman–Crippen LogP) is -0.798. The van der Waals surface area contributed by atoms with Gasteiger partial charge in [-0.2, -0.15) is 0 Å². The highest BCUT2D eigenvalue weighted by molar-refractivity contribution is 5.79. The number of amides is 1. The molecule has 0 aliphatic carbocycles. The van der Waals surface area contributed by atoms with Crippen LogP contribution in [0.3, 0.4) is 0 Å². The number of aliphatic hydroxyl groups is 2. The van der Waals surface area contributed by atoms with Crippen LogP contribution in [-0.4, -0.2) is 40.4 Å². The number of methoxy groups -OCH3 is 1. The third kappa shape index (κ3) is 3.67. The second-order valence-electron chi connectivity index (χ2n) is 3.93. The van der Waals surface area contributed by atoms with Gasteiger partial charge >= 0.3 is 5.97 Å². The molecule has 1 rings (SSSR count). The molecule has 0 saturated heterocycles. The first kappa shape index (κ1) is 14.9. The van der Waals surface area contributed by atoms with Crippen LogP contribution in [-0.2, 0) is 16.0 Å². The van der Waals surface area contributed by atoms with Crippen molar-refractivity contribution in [2.24, 2.45) is 5.73 Å². The number of carbonyl (C=O) groups excluding carboxylic acids is 1. The molecule has 0 radical (unpaired) electrons. The average molecular weight is 269 g/mol. The Bertz CT molecular complexity index is 487. The van der Waals surface area contributed by atoms with E-state index in [1.165, 1.54) is 25.3 Å². The molecule has 7 nitrogen and oxygen atoms in total. The van der Waals surface area contributed by atoms with Gasteiger partial charge in [0.05, 0.1) is 13.5 Å². The SMILES string of the molecule is COc1cc(C(O)C(O)C(N)=O)ccc1CC(=O)O. The van der Waals surface area contributed by atoms with Crippen molar-refractivity contribution < 1.29 is 29.6 Å². The molecule has 0 bridgehead atoms. The van der Waals surface area contributed by atoms with Crippen molar-refractivity contribution in [2.45, 2.75) is 18.6 Å². The molecule has 104 valence electrons. The van der Waals surface area contributed by atoms with Crippen LogP contribution in [0, 0.1) is 0 Å². The average Bonchev–Trinajstić information content (AvgIpc) is 2.36. The van der Waals surface area contributed by atoms with E-state index in [9.17, 15) is 19.8 Å². The Hall–Kier alpha value is -2.12. The van der Waals surface area contributed by atoms with Crippen molar-refractivity contribution in [2.75, 3.05) is 7.11 Å². The molecule has 1 aromatic carbocycles. The minimum atomic E-state index is -1.74. The van der Waals surface area contributed by atoms with E-state index in [4.69, 9.17) is 15.6 Å². The molecular weight excluding hydrogens is 254 g/mol. The molecule has 1 aromatic rings. The third-order valence-electron chi connectivity index (χ3n) is 2.58. The van der Waals surface area contributed by atoms with Gasteiger partial charge in [-0.25, -0.2) is 0 Å². The van der Waals surface area contributed by atoms with Gasteiger partial charge in [0.15, 0.2) is 6.10 Å². The number of primary amides is 1. The van der Waals surface area contributed by atoms with Crippen LogP contribution in [0.5, 0.6) is 5.75 Å². The molecule has 2 unspecified atom stereocenters. The zero-order valence-corrected chi connectivity index (χ0v) is 10.2. The number of hydrogen-bond donors (Lipinski definition) is 4. The topological polar surface area (TPSA) is 130 Å². The van der Waals surface area contributed by atoms with Crippen LogP contribution < -0.4 is 10.5 Å². The maximum atomic E-state index is 10.8. The van der Waals surface area contributed by atoms with Crippen LogP contribution in [0.15, 0.2) is 18.2 Å². The Labute approximate surface area is 109 Å². The van der Waals surface area contributed by atoms with Gasteiger partial charge in [-0.1, -0.05) is 12.1 Å². The first-order chi connectivity index (χ1) is 8.86. The summed E-state index contributed by atoms with van der Waals surface area (Å²) in [6.45, 7) is 0. The largest absolute Gasteiger partial charge is 0.496 e. The first-order valence-electron chi connectivity index (χ1n) is 5.41. The number of aliphatic carboxylic acids is 1. The number of hydrogen-bond acceptors (Lipinski definition) is 5. The highest BCUT2D eigenvalue weighted by Crippen LogP contribution is 2.26. The normalized spacial score (nSPS) is 13.6. The Morgan fingerprint density at radius 1 is 1.37 bits per heavy atom. The standard InChI is InChI=1S/C12H15NO6/c1-19-8-4-7(10(16)11(17)12(13)18)3-2-6(8)5-9(14)15/h2-4,10-11,16-17H,5H2,1H3,(H2,13,18)(H,14,15). The van der Waals surface area contributed by atoms with Gasteiger partial charge in [0.2, 0.25) is 5.91 Å². The van der Waals surface area contributed by atoms with Crippen molar-refractivity contribution in [1.29, 1.82) is 0 Å². The van der Waals surface area contributed by atoms with E-state index in [1.807, 2.05) is 0 Å². The highest BCUT2D eigenvalue weighted by Gasteiger charge is 2.24. The summed E-state index contributed by atoms with van der Waals surface area (Å²) < 4.78 is 5.01. The molecule has 0 heterocycles. The lowest BCUT2D eigenvalue weighted by molar-refractivity contribution is -0.136. The third-order valence-corrected chi connectivity index (χ3v) is 2.58. The van der Waals surface area contributed by atoms with Crippen molar-refractivity contribution in [3.8, 4) is 5.75 Å². The summed E-state index contributed by atoms with van der Waals surface area (Å²) in [5.74, 6) is -1.83. The van der Waals surface area contributed by atoms with E-state index in [1.54, 1.807) is 0 Å². The molecule has 5 N–H and O–H groups in total. The van der Waals surface area contributed by atoms with E-state index >= 15 is 0 Å². The quantitative estimate of drug-likeness (QED) is 0.535. The zero-order chi connectivity index (χ0) is 14.6. The first-order valence-corrected chi connectivity index (χ1v) is 5.41. The number of carbonyl (C=O) groups is 2. The summed E-state index contributed by atoms with van der Waals surface area (Å²) in [4.78, 5) is 21.4. The van der Waals surface area contributed by atoms with E-state index < -0.39 is 24.1 Å². The van der Waals surface area contributed by atoms with E-state index in [-0.39, 0.29) is 17.7 Å². The summed E-state index contributed by atoms with van der Waals surface area (Å²) in [5, 5.41) is 27.8. The van der Waals surface area contributed by atoms with Gasteiger partial charge in [-0.3, -0.25) is 9.59 Å². The van der Waals surface area contributed by atoms with E-state index in [0.717, 1.165) is 0 Å². The molecule has 0 saturated carbocycles. The summed E-state index contributed by atoms with van der Waals surface area (Å²) in [6.07, 6.45) is -3.47. The monoisotopic (exact) mass is 269 g/mol. The maximum absolute atomic E-state index is 10.8. The van der Waals surface area contributed by atoms with Crippen molar-refractivity contribution in [1.82, 2.24) is 0 Å². The Kier molecular flexibility index (Phi) is 4.85. The van der Waals surface area contributed by atoms with Gasteiger partial charge in [-0.05, 0) is 11.6 Å². The smallest absolute Gasteiger partial charge is 0.307 e. The zero-order valence-electron chi connectivity index (χ0n) is 10.2. The number of carboxylic acid groups (broad SMARTS) is 1. The molecule has 0 aliphatic rings. The lowest BCUT2D eigenvalue weighted by Crippen LogP contribution is -2.33. The number of rotatable bonds is 6. The Morgan fingerprint density at radius 3 is 2.47 bits per heavy atom. The fourth-order valence-electron chi connectivity index (χ4n) is 1.59. The van der Waals surface area contributed by atoms with Gasteiger partial charge in [0.1, 0.15) is 11.9 Å². The van der Waals surface area contributed by atoms with Gasteiger partial charge in [0, 0.05) is 5.56 Å². The molecule has 7 heteroatoms. The number of benzene rings is 1. The van der Waals surface area contributed by atoms with Gasteiger partial charge < -0.3 is 25.8 Å². The molecule has 19 heavy (non-hydrogen) atoms. The second-order valence-corrected chi connectivity index (χ2v) is 3.93. The molecule has 0 aliphatic heterocycles. The molecule has 0 spiro atoms. The Balaban J connectivity index is 3.05. The van der Waals surface area contributed by atoms with Crippen LogP contribution in [0.1, 0.15) is 17.2 Å². The number of carboxylic acids is 1. The number of ether oxygens (including phenoxy) is 1. The minimum Gasteiger partial charge on any atom is -0.496 e. The van der Waals surface area contributed by atoms with E-state index in [0.29, 0.717) is 5.56 Å². The minimum absolute atomic E-state index is 0.206. The predicted molar refractivity (Wildman–Crippen MR) is 64.5 cm³/mol. The molecule has 0 aromatic heterocycles. The lowest BCUT2D eigenvalue weighted by Gasteiger charge is -2.17. The van der Waals surface area contributed by atoms with Crippen LogP contribution in [0.2, 0.25) is 0 Å². The van der Waals surface area contributed by atoms with Gasteiger partial charge in [0.25, 0.3) is 0 Å². The summed E-state index contributed by atoms with van der Waals surface area (Å²) in [6, 6.07) is 4.20. The second kappa shape index (κ2) is 6.17. The fourth-order valence-corrected chi connectivity index (χ4v) is 1.59. The van der Waals surface area contributed by atoms with Gasteiger partial charge in [-0.15, -0.1) is 0 Å². The van der Waals surface area contributed by atoms with Crippen molar-refractivity contribution in [3.63, 3.8) is 0 Å². The molecule has 1 amide bonds. The van der Waals surface area contributed by atoms with Crippen LogP contribution in [0.25, 0.3) is 0 Å². The van der Waals surface area contributed by atoms with Crippen molar-refractivity contribution >= 4 is 11.9 Å². The summed E-state index contributed by atoms with van der Waals surface area (Å²) >= 11 is 0. The maximum Gasteiger partial charge on any atom is 0.307 e. The fraction of sp³-hybridized carbons (Fsp3) is 0.333. The van der Waals surface area contributed by atoms with Crippen molar-refractivity contribution in [3.05, 3.63) is 29.3 Å². The van der Waals surface area contributed by atoms with E-state index in [2.05, 4.69) is 0 Å².